The largest absolute Gasteiger partial charge is 0.491 e. The van der Waals surface area contributed by atoms with Crippen LogP contribution in [0.1, 0.15) is 18.9 Å². The van der Waals surface area contributed by atoms with Crippen molar-refractivity contribution in [3.05, 3.63) is 35.3 Å². The van der Waals surface area contributed by atoms with Gasteiger partial charge in [-0.1, -0.05) is 35.2 Å². The molecule has 0 saturated heterocycles. The summed E-state index contributed by atoms with van der Waals surface area (Å²) < 4.78 is 6.40. The number of rotatable bonds is 9. The van der Waals surface area contributed by atoms with Gasteiger partial charge in [0, 0.05) is 12.2 Å². The first-order chi connectivity index (χ1) is 10.6. The number of thioether (sulfide) groups is 1. The highest BCUT2D eigenvalue weighted by Gasteiger charge is 2.08. The van der Waals surface area contributed by atoms with E-state index in [1.54, 1.807) is 12.4 Å². The summed E-state index contributed by atoms with van der Waals surface area (Å²) in [5.74, 6) is 1.43. The van der Waals surface area contributed by atoms with Gasteiger partial charge in [-0.25, -0.2) is 0 Å². The summed E-state index contributed by atoms with van der Waals surface area (Å²) in [6.45, 7) is 1.83. The van der Waals surface area contributed by atoms with Crippen molar-refractivity contribution in [3.63, 3.8) is 0 Å². The van der Waals surface area contributed by atoms with E-state index in [-0.39, 0.29) is 12.4 Å². The highest BCUT2D eigenvalue weighted by Crippen LogP contribution is 2.20. The molecule has 0 radical (unpaired) electrons. The Balaban J connectivity index is 1.70. The topological polar surface area (TPSA) is 72.3 Å². The van der Waals surface area contributed by atoms with Crippen LogP contribution in [0.25, 0.3) is 0 Å². The summed E-state index contributed by atoms with van der Waals surface area (Å²) in [6, 6.07) is 7.61. The molecule has 22 heavy (non-hydrogen) atoms. The lowest BCUT2D eigenvalue weighted by molar-refractivity contribution is -0.116. The first-order valence-corrected chi connectivity index (χ1v) is 8.78. The molecule has 1 unspecified atom stereocenters. The van der Waals surface area contributed by atoms with Gasteiger partial charge in [0.15, 0.2) is 4.34 Å². The zero-order valence-corrected chi connectivity index (χ0v) is 13.9. The van der Waals surface area contributed by atoms with Crippen LogP contribution in [-0.2, 0) is 11.2 Å². The molecule has 0 bridgehead atoms. The lowest BCUT2D eigenvalue weighted by Crippen LogP contribution is -2.20. The van der Waals surface area contributed by atoms with Gasteiger partial charge in [-0.3, -0.25) is 0 Å². The minimum absolute atomic E-state index is 0.191. The summed E-state index contributed by atoms with van der Waals surface area (Å²) in [7, 11) is 0. The van der Waals surface area contributed by atoms with Crippen LogP contribution in [0.3, 0.4) is 0 Å². The smallest absolute Gasteiger partial charge is 0.174 e. The zero-order valence-electron chi connectivity index (χ0n) is 12.3. The van der Waals surface area contributed by atoms with E-state index in [0.717, 1.165) is 16.3 Å². The van der Waals surface area contributed by atoms with Crippen molar-refractivity contribution >= 4 is 28.9 Å². The fourth-order valence-corrected chi connectivity index (χ4v) is 3.13. The molecule has 0 amide bonds. The van der Waals surface area contributed by atoms with Gasteiger partial charge < -0.3 is 14.6 Å². The van der Waals surface area contributed by atoms with Crippen LogP contribution in [0.15, 0.2) is 34.1 Å². The number of aliphatic hydroxyl groups is 1. The van der Waals surface area contributed by atoms with Gasteiger partial charge in [0.25, 0.3) is 0 Å². The summed E-state index contributed by atoms with van der Waals surface area (Å²) in [6.07, 6.45) is 0.740. The number of carbonyl (C=O) groups excluding carboxylic acids is 1. The predicted molar refractivity (Wildman–Crippen MR) is 87.6 cm³/mol. The van der Waals surface area contributed by atoms with Crippen LogP contribution in [0.2, 0.25) is 0 Å². The quantitative estimate of drug-likeness (QED) is 0.709. The van der Waals surface area contributed by atoms with Gasteiger partial charge in [0.1, 0.15) is 23.7 Å². The molecule has 118 valence electrons. The second-order valence-electron chi connectivity index (χ2n) is 4.83. The van der Waals surface area contributed by atoms with Crippen molar-refractivity contribution in [1.29, 1.82) is 0 Å². The zero-order chi connectivity index (χ0) is 15.8. The normalized spacial score (nSPS) is 12.1. The minimum Gasteiger partial charge on any atom is -0.491 e. The Morgan fingerprint density at radius 1 is 1.41 bits per heavy atom. The van der Waals surface area contributed by atoms with Crippen molar-refractivity contribution in [2.45, 2.75) is 30.2 Å². The third-order valence-electron chi connectivity index (χ3n) is 2.87. The van der Waals surface area contributed by atoms with Crippen LogP contribution < -0.4 is 4.74 Å². The van der Waals surface area contributed by atoms with Crippen LogP contribution in [0, 0.1) is 0 Å². The Labute approximate surface area is 137 Å². The Bertz CT molecular complexity index is 573. The molecular weight excluding hydrogens is 320 g/mol. The Morgan fingerprint density at radius 2 is 2.18 bits per heavy atom. The summed E-state index contributed by atoms with van der Waals surface area (Å²) >= 11 is 2.92. The fourth-order valence-electron chi connectivity index (χ4n) is 1.71. The van der Waals surface area contributed by atoms with Crippen molar-refractivity contribution in [1.82, 2.24) is 10.2 Å². The van der Waals surface area contributed by atoms with E-state index in [1.165, 1.54) is 23.1 Å². The lowest BCUT2D eigenvalue weighted by Gasteiger charge is -2.11. The van der Waals surface area contributed by atoms with E-state index in [9.17, 15) is 9.90 Å². The van der Waals surface area contributed by atoms with Gasteiger partial charge in [-0.05, 0) is 31.0 Å². The number of aromatic nitrogens is 2. The average molecular weight is 338 g/mol. The average Bonchev–Trinajstić information content (AvgIpc) is 3.03. The molecule has 0 spiro atoms. The number of aliphatic hydroxyl groups excluding tert-OH is 1. The van der Waals surface area contributed by atoms with Gasteiger partial charge in [0.05, 0.1) is 6.10 Å². The van der Waals surface area contributed by atoms with E-state index in [0.29, 0.717) is 17.9 Å². The van der Waals surface area contributed by atoms with Crippen molar-refractivity contribution in [3.8, 4) is 5.75 Å². The monoisotopic (exact) mass is 338 g/mol. The number of hydrogen-bond acceptors (Lipinski definition) is 7. The molecule has 1 heterocycles. The second-order valence-corrected chi connectivity index (χ2v) is 6.93. The van der Waals surface area contributed by atoms with Gasteiger partial charge in [-0.15, -0.1) is 10.2 Å². The molecule has 1 N–H and O–H groups in total. The maximum atomic E-state index is 10.9. The standard InChI is InChI=1S/C15H18N2O3S2/c1-11(18)2-3-12-4-6-14(7-5-12)20-8-13(19)9-21-15-17-16-10-22-15/h4-7,10,13,19H,2-3,8-9H2,1H3. The highest BCUT2D eigenvalue weighted by molar-refractivity contribution is 8.01. The van der Waals surface area contributed by atoms with E-state index >= 15 is 0 Å². The molecule has 2 rings (SSSR count). The summed E-state index contributed by atoms with van der Waals surface area (Å²) in [4.78, 5) is 10.9. The molecular formula is C15H18N2O3S2. The molecule has 5 nitrogen and oxygen atoms in total. The molecule has 0 saturated carbocycles. The molecule has 0 aliphatic rings. The maximum absolute atomic E-state index is 10.9. The minimum atomic E-state index is -0.564. The third kappa shape index (κ3) is 6.13. The van der Waals surface area contributed by atoms with Crippen LogP contribution >= 0.6 is 23.1 Å². The second kappa shape index (κ2) is 8.87. The lowest BCUT2D eigenvalue weighted by atomic mass is 10.1. The number of Topliss-reactive ketones (excluding diaryl/α,β-unsaturated/α-hetero) is 1. The molecule has 0 aliphatic carbocycles. The highest BCUT2D eigenvalue weighted by atomic mass is 32.2. The van der Waals surface area contributed by atoms with Crippen LogP contribution in [0.4, 0.5) is 0 Å². The van der Waals surface area contributed by atoms with Crippen LogP contribution in [-0.4, -0.2) is 39.6 Å². The van der Waals surface area contributed by atoms with Gasteiger partial charge in [-0.2, -0.15) is 0 Å². The number of benzene rings is 1. The van der Waals surface area contributed by atoms with Crippen molar-refractivity contribution in [2.24, 2.45) is 0 Å². The summed E-state index contributed by atoms with van der Waals surface area (Å²) in [5.41, 5.74) is 2.77. The van der Waals surface area contributed by atoms with Crippen molar-refractivity contribution in [2.75, 3.05) is 12.4 Å². The van der Waals surface area contributed by atoms with Crippen LogP contribution in [0.5, 0.6) is 5.75 Å². The third-order valence-corrected chi connectivity index (χ3v) is 4.88. The molecule has 1 atom stereocenters. The Kier molecular flexibility index (Phi) is 6.82. The molecule has 1 aromatic carbocycles. The molecule has 0 aliphatic heterocycles. The summed E-state index contributed by atoms with van der Waals surface area (Å²) in [5, 5.41) is 17.5. The van der Waals surface area contributed by atoms with E-state index in [1.807, 2.05) is 24.3 Å². The number of nitrogens with zero attached hydrogens (tertiary/aromatic N) is 2. The number of carbonyl (C=O) groups is 1. The van der Waals surface area contributed by atoms with Gasteiger partial charge >= 0.3 is 0 Å². The fraction of sp³-hybridized carbons (Fsp3) is 0.400. The first kappa shape index (κ1) is 16.9. The van der Waals surface area contributed by atoms with Gasteiger partial charge in [0.2, 0.25) is 0 Å². The Morgan fingerprint density at radius 3 is 2.82 bits per heavy atom. The van der Waals surface area contributed by atoms with E-state index < -0.39 is 6.10 Å². The maximum Gasteiger partial charge on any atom is 0.174 e. The SMILES string of the molecule is CC(=O)CCc1ccc(OCC(O)CSc2nncs2)cc1. The Hall–Kier alpha value is -1.44. The van der Waals surface area contributed by atoms with E-state index in [4.69, 9.17) is 4.74 Å². The molecule has 7 heteroatoms. The number of ether oxygens (including phenoxy) is 1. The molecule has 2 aromatic rings. The number of hydrogen-bond donors (Lipinski definition) is 1. The first-order valence-electron chi connectivity index (χ1n) is 6.91. The predicted octanol–water partition coefficient (Wildman–Crippen LogP) is 2.59. The molecule has 1 aromatic heterocycles. The molecule has 0 fully saturated rings. The van der Waals surface area contributed by atoms with E-state index in [2.05, 4.69) is 10.2 Å². The number of aryl methyl sites for hydroxylation is 1. The van der Waals surface area contributed by atoms with Crippen molar-refractivity contribution < 1.29 is 14.6 Å². The number of ketones is 1.